The number of ether oxygens (including phenoxy) is 2. The standard InChI is InChI=1S/C16H13ClN2O3/c1-21-15-6-5-12(17)8-14(15)19-16(20)10-22-13-4-2-3-11(7-13)9-18/h2-8H,10H2,1H3,(H,19,20). The highest BCUT2D eigenvalue weighted by atomic mass is 35.5. The number of benzene rings is 2. The summed E-state index contributed by atoms with van der Waals surface area (Å²) in [7, 11) is 1.50. The third-order valence-electron chi connectivity index (χ3n) is 2.77. The number of nitriles is 1. The second kappa shape index (κ2) is 7.34. The summed E-state index contributed by atoms with van der Waals surface area (Å²) in [6.07, 6.45) is 0. The van der Waals surface area contributed by atoms with Gasteiger partial charge in [0.25, 0.3) is 5.91 Å². The maximum absolute atomic E-state index is 11.9. The summed E-state index contributed by atoms with van der Waals surface area (Å²) in [5, 5.41) is 12.0. The normalized spacial score (nSPS) is 9.68. The Morgan fingerprint density at radius 1 is 1.32 bits per heavy atom. The number of halogens is 1. The minimum Gasteiger partial charge on any atom is -0.495 e. The molecule has 1 amide bonds. The van der Waals surface area contributed by atoms with Crippen LogP contribution in [-0.4, -0.2) is 19.6 Å². The van der Waals surface area contributed by atoms with Gasteiger partial charge in [-0.1, -0.05) is 17.7 Å². The maximum atomic E-state index is 11.9. The number of carbonyl (C=O) groups is 1. The Morgan fingerprint density at radius 2 is 2.14 bits per heavy atom. The molecule has 0 radical (unpaired) electrons. The zero-order chi connectivity index (χ0) is 15.9. The smallest absolute Gasteiger partial charge is 0.262 e. The van der Waals surface area contributed by atoms with Crippen LogP contribution < -0.4 is 14.8 Å². The molecule has 0 bridgehead atoms. The summed E-state index contributed by atoms with van der Waals surface area (Å²) in [6, 6.07) is 13.5. The second-order valence-corrected chi connectivity index (χ2v) is 4.76. The fraction of sp³-hybridized carbons (Fsp3) is 0.125. The molecule has 0 aliphatic rings. The Morgan fingerprint density at radius 3 is 2.86 bits per heavy atom. The number of methoxy groups -OCH3 is 1. The molecule has 22 heavy (non-hydrogen) atoms. The largest absolute Gasteiger partial charge is 0.495 e. The predicted molar refractivity (Wildman–Crippen MR) is 83.3 cm³/mol. The molecule has 2 aromatic carbocycles. The molecule has 0 aliphatic heterocycles. The van der Waals surface area contributed by atoms with Crippen LogP contribution in [0.25, 0.3) is 0 Å². The van der Waals surface area contributed by atoms with Gasteiger partial charge in [0.15, 0.2) is 6.61 Å². The third kappa shape index (κ3) is 4.14. The van der Waals surface area contributed by atoms with Gasteiger partial charge >= 0.3 is 0 Å². The Hall–Kier alpha value is -2.71. The van der Waals surface area contributed by atoms with Crippen molar-refractivity contribution >= 4 is 23.2 Å². The van der Waals surface area contributed by atoms with E-state index in [0.717, 1.165) is 0 Å². The molecular formula is C16H13ClN2O3. The summed E-state index contributed by atoms with van der Waals surface area (Å²) < 4.78 is 10.5. The molecule has 5 nitrogen and oxygen atoms in total. The lowest BCUT2D eigenvalue weighted by molar-refractivity contribution is -0.118. The minimum absolute atomic E-state index is 0.190. The van der Waals surface area contributed by atoms with Gasteiger partial charge in [-0.2, -0.15) is 5.26 Å². The highest BCUT2D eigenvalue weighted by molar-refractivity contribution is 6.31. The highest BCUT2D eigenvalue weighted by Gasteiger charge is 2.09. The van der Waals surface area contributed by atoms with Crippen LogP contribution in [-0.2, 0) is 4.79 Å². The van der Waals surface area contributed by atoms with E-state index in [4.69, 9.17) is 26.3 Å². The first-order valence-electron chi connectivity index (χ1n) is 6.38. The van der Waals surface area contributed by atoms with E-state index in [0.29, 0.717) is 27.8 Å². The first-order chi connectivity index (χ1) is 10.6. The van der Waals surface area contributed by atoms with E-state index in [1.807, 2.05) is 6.07 Å². The molecule has 0 unspecified atom stereocenters. The second-order valence-electron chi connectivity index (χ2n) is 4.32. The Balaban J connectivity index is 1.99. The van der Waals surface area contributed by atoms with Crippen LogP contribution in [0.2, 0.25) is 5.02 Å². The van der Waals surface area contributed by atoms with Crippen molar-refractivity contribution in [1.82, 2.24) is 0 Å². The third-order valence-corrected chi connectivity index (χ3v) is 3.00. The molecule has 0 fully saturated rings. The van der Waals surface area contributed by atoms with E-state index in [1.165, 1.54) is 7.11 Å². The van der Waals surface area contributed by atoms with E-state index >= 15 is 0 Å². The van der Waals surface area contributed by atoms with Crippen molar-refractivity contribution in [3.63, 3.8) is 0 Å². The van der Waals surface area contributed by atoms with Gasteiger partial charge in [-0.05, 0) is 36.4 Å². The topological polar surface area (TPSA) is 71.3 Å². The van der Waals surface area contributed by atoms with Crippen LogP contribution in [0.4, 0.5) is 5.69 Å². The summed E-state index contributed by atoms with van der Waals surface area (Å²) in [5.74, 6) is 0.597. The number of hydrogen-bond donors (Lipinski definition) is 1. The zero-order valence-electron chi connectivity index (χ0n) is 11.8. The summed E-state index contributed by atoms with van der Waals surface area (Å²) in [4.78, 5) is 11.9. The predicted octanol–water partition coefficient (Wildman–Crippen LogP) is 3.24. The number of nitrogens with zero attached hydrogens (tertiary/aromatic N) is 1. The first-order valence-corrected chi connectivity index (χ1v) is 6.76. The SMILES string of the molecule is COc1ccc(Cl)cc1NC(=O)COc1cccc(C#N)c1. The quantitative estimate of drug-likeness (QED) is 0.919. The van der Waals surface area contributed by atoms with Crippen molar-refractivity contribution in [2.24, 2.45) is 0 Å². The number of rotatable bonds is 5. The fourth-order valence-corrected chi connectivity index (χ4v) is 1.94. The number of anilines is 1. The van der Waals surface area contributed by atoms with Crippen LogP contribution >= 0.6 is 11.6 Å². The molecule has 0 atom stereocenters. The van der Waals surface area contributed by atoms with E-state index in [2.05, 4.69) is 5.32 Å². The van der Waals surface area contributed by atoms with Gasteiger partial charge in [-0.25, -0.2) is 0 Å². The molecule has 1 N–H and O–H groups in total. The first kappa shape index (κ1) is 15.7. The van der Waals surface area contributed by atoms with Crippen LogP contribution in [0.1, 0.15) is 5.56 Å². The average molecular weight is 317 g/mol. The molecule has 0 heterocycles. The van der Waals surface area contributed by atoms with E-state index in [1.54, 1.807) is 42.5 Å². The van der Waals surface area contributed by atoms with E-state index in [9.17, 15) is 4.79 Å². The molecule has 2 rings (SSSR count). The molecule has 6 heteroatoms. The van der Waals surface area contributed by atoms with Crippen LogP contribution in [0.5, 0.6) is 11.5 Å². The Kier molecular flexibility index (Phi) is 5.23. The number of carbonyl (C=O) groups excluding carboxylic acids is 1. The summed E-state index contributed by atoms with van der Waals surface area (Å²) >= 11 is 5.89. The number of hydrogen-bond acceptors (Lipinski definition) is 4. The van der Waals surface area contributed by atoms with Crippen molar-refractivity contribution in [1.29, 1.82) is 5.26 Å². The van der Waals surface area contributed by atoms with Crippen molar-refractivity contribution in [3.05, 3.63) is 53.1 Å². The molecule has 0 spiro atoms. The molecule has 0 saturated carbocycles. The Labute approximate surface area is 133 Å². The van der Waals surface area contributed by atoms with Crippen LogP contribution in [0, 0.1) is 11.3 Å². The molecular weight excluding hydrogens is 304 g/mol. The van der Waals surface area contributed by atoms with Gasteiger partial charge in [0, 0.05) is 5.02 Å². The van der Waals surface area contributed by atoms with Crippen LogP contribution in [0.15, 0.2) is 42.5 Å². The lowest BCUT2D eigenvalue weighted by Gasteiger charge is -2.11. The maximum Gasteiger partial charge on any atom is 0.262 e. The van der Waals surface area contributed by atoms with Crippen molar-refractivity contribution in [2.75, 3.05) is 19.0 Å². The fourth-order valence-electron chi connectivity index (χ4n) is 1.77. The molecule has 0 saturated heterocycles. The highest BCUT2D eigenvalue weighted by Crippen LogP contribution is 2.27. The van der Waals surface area contributed by atoms with Gasteiger partial charge in [-0.15, -0.1) is 0 Å². The number of nitrogens with one attached hydrogen (secondary N) is 1. The zero-order valence-corrected chi connectivity index (χ0v) is 12.6. The van der Waals surface area contributed by atoms with E-state index in [-0.39, 0.29) is 12.5 Å². The Bertz CT molecular complexity index is 726. The van der Waals surface area contributed by atoms with Gasteiger partial charge in [-0.3, -0.25) is 4.79 Å². The lowest BCUT2D eigenvalue weighted by atomic mass is 10.2. The minimum atomic E-state index is -0.358. The monoisotopic (exact) mass is 316 g/mol. The number of amides is 1. The molecule has 0 aromatic heterocycles. The van der Waals surface area contributed by atoms with E-state index < -0.39 is 0 Å². The lowest BCUT2D eigenvalue weighted by Crippen LogP contribution is -2.20. The van der Waals surface area contributed by atoms with Gasteiger partial charge in [0.05, 0.1) is 24.4 Å². The molecule has 2 aromatic rings. The average Bonchev–Trinajstić information content (AvgIpc) is 2.53. The summed E-state index contributed by atoms with van der Waals surface area (Å²) in [6.45, 7) is -0.190. The van der Waals surface area contributed by atoms with Crippen LogP contribution in [0.3, 0.4) is 0 Å². The van der Waals surface area contributed by atoms with Crippen molar-refractivity contribution in [2.45, 2.75) is 0 Å². The van der Waals surface area contributed by atoms with Gasteiger partial charge in [0.2, 0.25) is 0 Å². The molecule has 112 valence electrons. The van der Waals surface area contributed by atoms with Crippen molar-refractivity contribution in [3.8, 4) is 17.6 Å². The molecule has 0 aliphatic carbocycles. The summed E-state index contributed by atoms with van der Waals surface area (Å²) in [5.41, 5.74) is 0.934. The van der Waals surface area contributed by atoms with Gasteiger partial charge in [0.1, 0.15) is 11.5 Å². The van der Waals surface area contributed by atoms with Gasteiger partial charge < -0.3 is 14.8 Å². The van der Waals surface area contributed by atoms with Crippen molar-refractivity contribution < 1.29 is 14.3 Å².